The van der Waals surface area contributed by atoms with Gasteiger partial charge in [-0.1, -0.05) is 17.3 Å². The lowest BCUT2D eigenvalue weighted by Gasteiger charge is -2.25. The SMILES string of the molecule is CC(C1CC1)N(C)C(=O)c1cccc(/C(N)=N/O)c1. The van der Waals surface area contributed by atoms with E-state index in [1.807, 2.05) is 7.05 Å². The minimum Gasteiger partial charge on any atom is -0.409 e. The summed E-state index contributed by atoms with van der Waals surface area (Å²) in [6.45, 7) is 2.07. The Morgan fingerprint density at radius 3 is 2.68 bits per heavy atom. The standard InChI is InChI=1S/C14H19N3O2/c1-9(10-6-7-10)17(2)14(18)12-5-3-4-11(8-12)13(15)16-19/h3-5,8-10,19H,6-7H2,1-2H3,(H2,15,16). The molecule has 5 nitrogen and oxygen atoms in total. The first-order valence-corrected chi connectivity index (χ1v) is 6.39. The second-order valence-corrected chi connectivity index (χ2v) is 5.06. The van der Waals surface area contributed by atoms with E-state index in [2.05, 4.69) is 12.1 Å². The number of carbonyl (C=O) groups excluding carboxylic acids is 1. The summed E-state index contributed by atoms with van der Waals surface area (Å²) in [7, 11) is 1.82. The van der Waals surface area contributed by atoms with Crippen LogP contribution in [0.3, 0.4) is 0 Å². The quantitative estimate of drug-likeness (QED) is 0.374. The molecule has 19 heavy (non-hydrogen) atoms. The largest absolute Gasteiger partial charge is 0.409 e. The van der Waals surface area contributed by atoms with E-state index < -0.39 is 0 Å². The van der Waals surface area contributed by atoms with Crippen molar-refractivity contribution in [1.82, 2.24) is 4.90 Å². The van der Waals surface area contributed by atoms with E-state index in [-0.39, 0.29) is 17.8 Å². The molecule has 3 N–H and O–H groups in total. The number of hydrogen-bond acceptors (Lipinski definition) is 3. The van der Waals surface area contributed by atoms with E-state index in [1.165, 1.54) is 12.8 Å². The number of nitrogens with two attached hydrogens (primary N) is 1. The molecule has 0 radical (unpaired) electrons. The molecule has 0 bridgehead atoms. The van der Waals surface area contributed by atoms with Crippen molar-refractivity contribution in [2.24, 2.45) is 16.8 Å². The summed E-state index contributed by atoms with van der Waals surface area (Å²) in [6, 6.07) is 7.08. The predicted molar refractivity (Wildman–Crippen MR) is 73.2 cm³/mol. The van der Waals surface area contributed by atoms with Gasteiger partial charge >= 0.3 is 0 Å². The van der Waals surface area contributed by atoms with Gasteiger partial charge in [-0.2, -0.15) is 0 Å². The van der Waals surface area contributed by atoms with Crippen LogP contribution >= 0.6 is 0 Å². The van der Waals surface area contributed by atoms with Crippen molar-refractivity contribution in [2.45, 2.75) is 25.8 Å². The Labute approximate surface area is 112 Å². The number of benzene rings is 1. The lowest BCUT2D eigenvalue weighted by molar-refractivity contribution is 0.0727. The third-order valence-corrected chi connectivity index (χ3v) is 3.75. The molecule has 0 saturated heterocycles. The predicted octanol–water partition coefficient (Wildman–Crippen LogP) is 1.65. The number of amidine groups is 1. The van der Waals surface area contributed by atoms with Crippen LogP contribution in [0.4, 0.5) is 0 Å². The molecule has 0 aromatic heterocycles. The van der Waals surface area contributed by atoms with Gasteiger partial charge in [-0.25, -0.2) is 0 Å². The molecule has 1 aliphatic carbocycles. The highest BCUT2D eigenvalue weighted by Gasteiger charge is 2.32. The zero-order chi connectivity index (χ0) is 14.0. The molecular formula is C14H19N3O2. The van der Waals surface area contributed by atoms with Crippen molar-refractivity contribution in [3.05, 3.63) is 35.4 Å². The number of oxime groups is 1. The summed E-state index contributed by atoms with van der Waals surface area (Å²) in [6.07, 6.45) is 2.39. The maximum Gasteiger partial charge on any atom is 0.253 e. The molecule has 1 aromatic rings. The first-order valence-electron chi connectivity index (χ1n) is 6.39. The summed E-state index contributed by atoms with van der Waals surface area (Å²) in [5, 5.41) is 11.6. The Hall–Kier alpha value is -2.04. The van der Waals surface area contributed by atoms with Crippen molar-refractivity contribution >= 4 is 11.7 Å². The van der Waals surface area contributed by atoms with Crippen molar-refractivity contribution in [3.63, 3.8) is 0 Å². The first-order chi connectivity index (χ1) is 9.04. The molecule has 2 rings (SSSR count). The maximum absolute atomic E-state index is 12.4. The second kappa shape index (κ2) is 5.30. The van der Waals surface area contributed by atoms with E-state index in [0.29, 0.717) is 17.0 Å². The Bertz CT molecular complexity index is 509. The van der Waals surface area contributed by atoms with Gasteiger partial charge < -0.3 is 15.8 Å². The molecule has 1 saturated carbocycles. The van der Waals surface area contributed by atoms with E-state index in [9.17, 15) is 4.79 Å². The van der Waals surface area contributed by atoms with Crippen molar-refractivity contribution in [1.29, 1.82) is 0 Å². The number of nitrogens with zero attached hydrogens (tertiary/aromatic N) is 2. The first kappa shape index (κ1) is 13.4. The van der Waals surface area contributed by atoms with Crippen molar-refractivity contribution < 1.29 is 10.0 Å². The lowest BCUT2D eigenvalue weighted by Crippen LogP contribution is -2.36. The minimum atomic E-state index is -0.0352. The van der Waals surface area contributed by atoms with E-state index in [1.54, 1.807) is 29.2 Å². The summed E-state index contributed by atoms with van der Waals surface area (Å²) in [5.74, 6) is 0.598. The van der Waals surface area contributed by atoms with Crippen LogP contribution in [0.1, 0.15) is 35.7 Å². The molecule has 102 valence electrons. The van der Waals surface area contributed by atoms with Crippen LogP contribution in [0.25, 0.3) is 0 Å². The highest BCUT2D eigenvalue weighted by atomic mass is 16.4. The van der Waals surface area contributed by atoms with E-state index in [4.69, 9.17) is 10.9 Å². The fourth-order valence-electron chi connectivity index (χ4n) is 2.15. The van der Waals surface area contributed by atoms with Gasteiger partial charge in [-0.15, -0.1) is 0 Å². The Kier molecular flexibility index (Phi) is 3.74. The van der Waals surface area contributed by atoms with Gasteiger partial charge in [0.15, 0.2) is 5.84 Å². The third-order valence-electron chi connectivity index (χ3n) is 3.75. The van der Waals surface area contributed by atoms with Gasteiger partial charge in [-0.3, -0.25) is 4.79 Å². The van der Waals surface area contributed by atoms with Crippen LogP contribution in [-0.2, 0) is 0 Å². The van der Waals surface area contributed by atoms with Gasteiger partial charge in [0.2, 0.25) is 0 Å². The Morgan fingerprint density at radius 2 is 2.11 bits per heavy atom. The van der Waals surface area contributed by atoms with Crippen LogP contribution in [-0.4, -0.2) is 34.9 Å². The van der Waals surface area contributed by atoms with Gasteiger partial charge in [0, 0.05) is 24.2 Å². The Balaban J connectivity index is 2.18. The minimum absolute atomic E-state index is 0.00699. The summed E-state index contributed by atoms with van der Waals surface area (Å²) >= 11 is 0. The van der Waals surface area contributed by atoms with Crippen LogP contribution in [0.2, 0.25) is 0 Å². The fraction of sp³-hybridized carbons (Fsp3) is 0.429. The van der Waals surface area contributed by atoms with Gasteiger partial charge in [0.05, 0.1) is 0 Å². The van der Waals surface area contributed by atoms with Crippen LogP contribution in [0, 0.1) is 5.92 Å². The normalized spacial score (nSPS) is 17.1. The molecule has 1 aliphatic rings. The monoisotopic (exact) mass is 261 g/mol. The molecule has 0 aliphatic heterocycles. The smallest absolute Gasteiger partial charge is 0.253 e. The summed E-state index contributed by atoms with van der Waals surface area (Å²) in [4.78, 5) is 14.1. The van der Waals surface area contributed by atoms with E-state index >= 15 is 0 Å². The average Bonchev–Trinajstić information content (AvgIpc) is 3.28. The molecule has 1 fully saturated rings. The van der Waals surface area contributed by atoms with Crippen LogP contribution < -0.4 is 5.73 Å². The van der Waals surface area contributed by atoms with Crippen LogP contribution in [0.5, 0.6) is 0 Å². The average molecular weight is 261 g/mol. The van der Waals surface area contributed by atoms with Crippen molar-refractivity contribution in [2.75, 3.05) is 7.05 Å². The van der Waals surface area contributed by atoms with Crippen LogP contribution in [0.15, 0.2) is 29.4 Å². The third kappa shape index (κ3) is 2.86. The van der Waals surface area contributed by atoms with Gasteiger partial charge in [-0.05, 0) is 37.8 Å². The summed E-state index contributed by atoms with van der Waals surface area (Å²) < 4.78 is 0. The van der Waals surface area contributed by atoms with Crippen molar-refractivity contribution in [3.8, 4) is 0 Å². The highest BCUT2D eigenvalue weighted by Crippen LogP contribution is 2.35. The maximum atomic E-state index is 12.4. The van der Waals surface area contributed by atoms with E-state index in [0.717, 1.165) is 0 Å². The zero-order valence-corrected chi connectivity index (χ0v) is 11.2. The Morgan fingerprint density at radius 1 is 1.47 bits per heavy atom. The zero-order valence-electron chi connectivity index (χ0n) is 11.2. The molecule has 5 heteroatoms. The lowest BCUT2D eigenvalue weighted by atomic mass is 10.1. The molecule has 1 atom stereocenters. The summed E-state index contributed by atoms with van der Waals surface area (Å²) in [5.41, 5.74) is 6.63. The molecular weight excluding hydrogens is 242 g/mol. The topological polar surface area (TPSA) is 78.9 Å². The number of amides is 1. The number of hydrogen-bond donors (Lipinski definition) is 2. The molecule has 0 heterocycles. The van der Waals surface area contributed by atoms with Gasteiger partial charge in [0.1, 0.15) is 0 Å². The molecule has 0 spiro atoms. The number of carbonyl (C=O) groups is 1. The highest BCUT2D eigenvalue weighted by molar-refractivity contribution is 6.01. The second-order valence-electron chi connectivity index (χ2n) is 5.06. The fourth-order valence-corrected chi connectivity index (χ4v) is 2.15. The van der Waals surface area contributed by atoms with Gasteiger partial charge in [0.25, 0.3) is 5.91 Å². The number of rotatable bonds is 4. The molecule has 1 unspecified atom stereocenters. The molecule has 1 amide bonds. The molecule has 1 aromatic carbocycles.